The second-order valence-corrected chi connectivity index (χ2v) is 6.78. The van der Waals surface area contributed by atoms with Crippen LogP contribution in [0, 0.1) is 11.8 Å². The van der Waals surface area contributed by atoms with Gasteiger partial charge < -0.3 is 10.6 Å². The van der Waals surface area contributed by atoms with E-state index in [1.165, 1.54) is 11.9 Å². The smallest absolute Gasteiger partial charge is 0.251 e. The van der Waals surface area contributed by atoms with Crippen LogP contribution >= 0.6 is 0 Å². The number of benzene rings is 1. The van der Waals surface area contributed by atoms with Gasteiger partial charge in [0.2, 0.25) is 17.7 Å². The Bertz CT molecular complexity index is 722. The van der Waals surface area contributed by atoms with Gasteiger partial charge >= 0.3 is 0 Å². The van der Waals surface area contributed by atoms with Crippen molar-refractivity contribution in [3.05, 3.63) is 29.8 Å². The first kappa shape index (κ1) is 18.1. The fraction of sp³-hybridized carbons (Fsp3) is 0.474. The van der Waals surface area contributed by atoms with Gasteiger partial charge in [-0.2, -0.15) is 0 Å². The molecule has 1 heterocycles. The number of nitrogens with one attached hydrogen (secondary N) is 2. The van der Waals surface area contributed by atoms with Crippen molar-refractivity contribution in [2.24, 2.45) is 11.8 Å². The second-order valence-electron chi connectivity index (χ2n) is 6.78. The first-order valence-electron chi connectivity index (χ1n) is 8.98. The first-order chi connectivity index (χ1) is 12.5. The van der Waals surface area contributed by atoms with Crippen molar-refractivity contribution in [3.8, 4) is 0 Å². The van der Waals surface area contributed by atoms with E-state index in [0.717, 1.165) is 25.7 Å². The molecule has 1 aromatic carbocycles. The zero-order valence-electron chi connectivity index (χ0n) is 14.8. The average Bonchev–Trinajstić information content (AvgIpc) is 2.90. The molecule has 1 aromatic rings. The Morgan fingerprint density at radius 2 is 1.77 bits per heavy atom. The maximum atomic E-state index is 12.4. The lowest BCUT2D eigenvalue weighted by Gasteiger charge is -2.19. The molecule has 0 radical (unpaired) electrons. The predicted octanol–water partition coefficient (Wildman–Crippen LogP) is 1.55. The minimum Gasteiger partial charge on any atom is -0.355 e. The molecule has 26 heavy (non-hydrogen) atoms. The van der Waals surface area contributed by atoms with E-state index in [1.807, 2.05) is 0 Å². The molecule has 2 aliphatic rings. The number of carbonyl (C=O) groups is 4. The lowest BCUT2D eigenvalue weighted by molar-refractivity contribution is -0.140. The van der Waals surface area contributed by atoms with Crippen LogP contribution in [0.4, 0.5) is 5.69 Å². The number of hydrogen-bond acceptors (Lipinski definition) is 4. The van der Waals surface area contributed by atoms with E-state index < -0.39 is 0 Å². The Hall–Kier alpha value is -2.70. The quantitative estimate of drug-likeness (QED) is 0.782. The molecule has 0 unspecified atom stereocenters. The zero-order chi connectivity index (χ0) is 18.7. The molecule has 0 spiro atoms. The molecule has 0 bridgehead atoms. The second kappa shape index (κ2) is 7.68. The monoisotopic (exact) mass is 357 g/mol. The molecule has 2 fully saturated rings. The summed E-state index contributed by atoms with van der Waals surface area (Å²) in [6.07, 6.45) is 3.54. The van der Waals surface area contributed by atoms with Gasteiger partial charge in [-0.05, 0) is 31.0 Å². The predicted molar refractivity (Wildman–Crippen MR) is 95.2 cm³/mol. The molecule has 1 aliphatic carbocycles. The summed E-state index contributed by atoms with van der Waals surface area (Å²) in [5, 5.41) is 5.23. The molecule has 1 aliphatic heterocycles. The number of rotatable bonds is 5. The Kier molecular flexibility index (Phi) is 5.35. The maximum absolute atomic E-state index is 12.4. The van der Waals surface area contributed by atoms with Crippen molar-refractivity contribution in [1.82, 2.24) is 10.2 Å². The van der Waals surface area contributed by atoms with Gasteiger partial charge in [-0.3, -0.25) is 24.1 Å². The number of anilines is 1. The number of carbonyl (C=O) groups excluding carboxylic acids is 4. The SMILES string of the molecule is CNC(=O)c1cccc(NC(=O)CCN2C(=O)[C@@H]3CCCC[C@H]3C2=O)c1. The van der Waals surface area contributed by atoms with Gasteiger partial charge in [0.05, 0.1) is 11.8 Å². The lowest BCUT2D eigenvalue weighted by atomic mass is 9.81. The maximum Gasteiger partial charge on any atom is 0.251 e. The third-order valence-corrected chi connectivity index (χ3v) is 5.13. The van der Waals surface area contributed by atoms with Crippen LogP contribution in [0.15, 0.2) is 24.3 Å². The van der Waals surface area contributed by atoms with Crippen molar-refractivity contribution >= 4 is 29.3 Å². The normalized spacial score (nSPS) is 22.1. The van der Waals surface area contributed by atoms with Crippen molar-refractivity contribution in [2.75, 3.05) is 18.9 Å². The van der Waals surface area contributed by atoms with Crippen LogP contribution in [-0.2, 0) is 14.4 Å². The zero-order valence-corrected chi connectivity index (χ0v) is 14.8. The average molecular weight is 357 g/mol. The highest BCUT2D eigenvalue weighted by molar-refractivity contribution is 6.05. The van der Waals surface area contributed by atoms with E-state index >= 15 is 0 Å². The van der Waals surface area contributed by atoms with Gasteiger partial charge in [0, 0.05) is 31.3 Å². The van der Waals surface area contributed by atoms with Crippen molar-refractivity contribution < 1.29 is 19.2 Å². The molecule has 4 amide bonds. The van der Waals surface area contributed by atoms with E-state index in [4.69, 9.17) is 0 Å². The highest BCUT2D eigenvalue weighted by atomic mass is 16.2. The van der Waals surface area contributed by atoms with Crippen molar-refractivity contribution in [2.45, 2.75) is 32.1 Å². The molecular formula is C19H23N3O4. The minimum absolute atomic E-state index is 0.0428. The number of imide groups is 1. The molecule has 2 atom stereocenters. The number of amides is 4. The molecule has 0 aromatic heterocycles. The van der Waals surface area contributed by atoms with E-state index in [-0.39, 0.29) is 48.4 Å². The highest BCUT2D eigenvalue weighted by Crippen LogP contribution is 2.37. The standard InChI is InChI=1S/C19H23N3O4/c1-20-17(24)12-5-4-6-13(11-12)21-16(23)9-10-22-18(25)14-7-2-3-8-15(14)19(22)26/h4-6,11,14-15H,2-3,7-10H2,1H3,(H,20,24)(H,21,23)/t14-,15-/m1/s1. The van der Waals surface area contributed by atoms with E-state index in [1.54, 1.807) is 24.3 Å². The third-order valence-electron chi connectivity index (χ3n) is 5.13. The summed E-state index contributed by atoms with van der Waals surface area (Å²) in [5.74, 6) is -1.18. The van der Waals surface area contributed by atoms with Crippen molar-refractivity contribution in [1.29, 1.82) is 0 Å². The van der Waals surface area contributed by atoms with E-state index in [0.29, 0.717) is 11.3 Å². The Morgan fingerprint density at radius 1 is 1.12 bits per heavy atom. The third kappa shape index (κ3) is 3.61. The fourth-order valence-corrected chi connectivity index (χ4v) is 3.77. The molecule has 7 nitrogen and oxygen atoms in total. The molecule has 1 saturated carbocycles. The highest BCUT2D eigenvalue weighted by Gasteiger charge is 2.47. The number of nitrogens with zero attached hydrogens (tertiary/aromatic N) is 1. The van der Waals surface area contributed by atoms with Gasteiger partial charge in [0.25, 0.3) is 5.91 Å². The lowest BCUT2D eigenvalue weighted by Crippen LogP contribution is -2.34. The van der Waals surface area contributed by atoms with Crippen molar-refractivity contribution in [3.63, 3.8) is 0 Å². The van der Waals surface area contributed by atoms with Crippen LogP contribution in [0.5, 0.6) is 0 Å². The summed E-state index contributed by atoms with van der Waals surface area (Å²) >= 11 is 0. The van der Waals surface area contributed by atoms with Crippen LogP contribution in [0.3, 0.4) is 0 Å². The van der Waals surface area contributed by atoms with E-state index in [9.17, 15) is 19.2 Å². The van der Waals surface area contributed by atoms with Crippen LogP contribution in [0.1, 0.15) is 42.5 Å². The molecule has 2 N–H and O–H groups in total. The van der Waals surface area contributed by atoms with Gasteiger partial charge in [-0.1, -0.05) is 18.9 Å². The van der Waals surface area contributed by atoms with Gasteiger partial charge in [0.1, 0.15) is 0 Å². The Balaban J connectivity index is 1.57. The molecule has 7 heteroatoms. The molecule has 138 valence electrons. The number of likely N-dealkylation sites (tertiary alicyclic amines) is 1. The first-order valence-corrected chi connectivity index (χ1v) is 8.98. The van der Waals surface area contributed by atoms with Gasteiger partial charge in [-0.25, -0.2) is 0 Å². The van der Waals surface area contributed by atoms with Crippen LogP contribution in [0.2, 0.25) is 0 Å². The van der Waals surface area contributed by atoms with Crippen LogP contribution < -0.4 is 10.6 Å². The summed E-state index contributed by atoms with van der Waals surface area (Å²) in [7, 11) is 1.54. The van der Waals surface area contributed by atoms with Crippen LogP contribution in [0.25, 0.3) is 0 Å². The summed E-state index contributed by atoms with van der Waals surface area (Å²) in [4.78, 5) is 49.9. The Labute approximate surface area is 152 Å². The largest absolute Gasteiger partial charge is 0.355 e. The fourth-order valence-electron chi connectivity index (χ4n) is 3.77. The van der Waals surface area contributed by atoms with Gasteiger partial charge in [0.15, 0.2) is 0 Å². The van der Waals surface area contributed by atoms with Gasteiger partial charge in [-0.15, -0.1) is 0 Å². The van der Waals surface area contributed by atoms with E-state index in [2.05, 4.69) is 10.6 Å². The summed E-state index contributed by atoms with van der Waals surface area (Å²) in [6.45, 7) is 0.103. The number of fused-ring (bicyclic) bond motifs is 1. The molecule has 1 saturated heterocycles. The summed E-state index contributed by atoms with van der Waals surface area (Å²) in [5.41, 5.74) is 0.947. The minimum atomic E-state index is -0.297. The Morgan fingerprint density at radius 3 is 2.38 bits per heavy atom. The summed E-state index contributed by atoms with van der Waals surface area (Å²) in [6, 6.07) is 6.60. The molecule has 3 rings (SSSR count). The number of hydrogen-bond donors (Lipinski definition) is 2. The summed E-state index contributed by atoms with van der Waals surface area (Å²) < 4.78 is 0. The van der Waals surface area contributed by atoms with Crippen LogP contribution in [-0.4, -0.2) is 42.1 Å². The molecular weight excluding hydrogens is 334 g/mol. The topological polar surface area (TPSA) is 95.6 Å².